The number of nitriles is 1. The largest absolute Gasteiger partial charge is 0.256 e. The normalized spacial score (nSPS) is 10.4. The Morgan fingerprint density at radius 1 is 1.00 bits per heavy atom. The number of hydrogen-bond acceptors (Lipinski definition) is 2. The Morgan fingerprint density at radius 2 is 1.80 bits per heavy atom. The van der Waals surface area contributed by atoms with Gasteiger partial charge >= 0.3 is 0 Å². The average Bonchev–Trinajstić information content (AvgIpc) is 2.48. The SMILES string of the molecule is N#CCc1cccc2c(-c3ccc(Cl)cc3)nccc12. The second-order valence-corrected chi connectivity index (χ2v) is 4.95. The summed E-state index contributed by atoms with van der Waals surface area (Å²) in [5.41, 5.74) is 2.97. The lowest BCUT2D eigenvalue weighted by Crippen LogP contribution is -1.90. The molecule has 0 aliphatic rings. The number of hydrogen-bond donors (Lipinski definition) is 0. The summed E-state index contributed by atoms with van der Waals surface area (Å²) in [5, 5.41) is 11.8. The van der Waals surface area contributed by atoms with Gasteiger partial charge < -0.3 is 0 Å². The smallest absolute Gasteiger partial charge is 0.0780 e. The molecule has 2 nitrogen and oxygen atoms in total. The minimum atomic E-state index is 0.404. The molecule has 0 saturated heterocycles. The van der Waals surface area contributed by atoms with Gasteiger partial charge in [0.2, 0.25) is 0 Å². The molecule has 0 unspecified atom stereocenters. The van der Waals surface area contributed by atoms with E-state index in [1.165, 1.54) is 0 Å². The second-order valence-electron chi connectivity index (χ2n) is 4.51. The maximum Gasteiger partial charge on any atom is 0.0780 e. The van der Waals surface area contributed by atoms with Crippen molar-refractivity contribution in [3.63, 3.8) is 0 Å². The molecule has 96 valence electrons. The standard InChI is InChI=1S/C17H11ClN2/c18-14-6-4-13(5-7-14)17-16-3-1-2-12(8-10-19)15(16)9-11-20-17/h1-7,9,11H,8H2. The van der Waals surface area contributed by atoms with Crippen molar-refractivity contribution in [2.24, 2.45) is 0 Å². The first kappa shape index (κ1) is 12.7. The zero-order valence-corrected chi connectivity index (χ0v) is 11.4. The molecule has 3 rings (SSSR count). The summed E-state index contributed by atoms with van der Waals surface area (Å²) in [6, 6.07) is 17.8. The Labute approximate surface area is 122 Å². The van der Waals surface area contributed by atoms with E-state index in [1.54, 1.807) is 6.20 Å². The van der Waals surface area contributed by atoms with Crippen LogP contribution in [0.1, 0.15) is 5.56 Å². The molecule has 0 spiro atoms. The van der Waals surface area contributed by atoms with Crippen LogP contribution in [0.15, 0.2) is 54.7 Å². The molecular weight excluding hydrogens is 268 g/mol. The maximum atomic E-state index is 8.92. The fraction of sp³-hybridized carbons (Fsp3) is 0.0588. The number of fused-ring (bicyclic) bond motifs is 1. The van der Waals surface area contributed by atoms with Crippen molar-refractivity contribution < 1.29 is 0 Å². The molecule has 2 aromatic carbocycles. The van der Waals surface area contributed by atoms with Gasteiger partial charge in [-0.3, -0.25) is 4.98 Å². The van der Waals surface area contributed by atoms with Gasteiger partial charge in [-0.15, -0.1) is 0 Å². The summed E-state index contributed by atoms with van der Waals surface area (Å²) in [7, 11) is 0. The van der Waals surface area contributed by atoms with E-state index in [0.717, 1.165) is 27.6 Å². The molecule has 0 atom stereocenters. The number of aromatic nitrogens is 1. The first-order valence-corrected chi connectivity index (χ1v) is 6.67. The van der Waals surface area contributed by atoms with Gasteiger partial charge in [-0.2, -0.15) is 5.26 Å². The van der Waals surface area contributed by atoms with Crippen molar-refractivity contribution in [3.8, 4) is 17.3 Å². The molecule has 0 radical (unpaired) electrons. The number of halogens is 1. The fourth-order valence-corrected chi connectivity index (χ4v) is 2.48. The van der Waals surface area contributed by atoms with Crippen LogP contribution in [0.5, 0.6) is 0 Å². The molecule has 0 bridgehead atoms. The van der Waals surface area contributed by atoms with Gasteiger partial charge in [0, 0.05) is 22.2 Å². The van der Waals surface area contributed by atoms with Crippen molar-refractivity contribution in [1.82, 2.24) is 4.98 Å². The highest BCUT2D eigenvalue weighted by Gasteiger charge is 2.07. The summed E-state index contributed by atoms with van der Waals surface area (Å²) in [6.07, 6.45) is 2.19. The summed E-state index contributed by atoms with van der Waals surface area (Å²) >= 11 is 5.93. The summed E-state index contributed by atoms with van der Waals surface area (Å²) in [6.45, 7) is 0. The van der Waals surface area contributed by atoms with Gasteiger partial charge in [0.05, 0.1) is 18.2 Å². The number of nitrogens with zero attached hydrogens (tertiary/aromatic N) is 2. The molecule has 3 aromatic rings. The molecule has 0 N–H and O–H groups in total. The van der Waals surface area contributed by atoms with Gasteiger partial charge in [0.15, 0.2) is 0 Å². The van der Waals surface area contributed by atoms with Crippen molar-refractivity contribution in [1.29, 1.82) is 5.26 Å². The predicted molar refractivity (Wildman–Crippen MR) is 81.5 cm³/mol. The van der Waals surface area contributed by atoms with Gasteiger partial charge in [0.1, 0.15) is 0 Å². The Hall–Kier alpha value is -2.37. The first-order valence-electron chi connectivity index (χ1n) is 6.29. The van der Waals surface area contributed by atoms with Crippen LogP contribution in [0, 0.1) is 11.3 Å². The highest BCUT2D eigenvalue weighted by Crippen LogP contribution is 2.29. The minimum absolute atomic E-state index is 0.404. The molecule has 0 amide bonds. The lowest BCUT2D eigenvalue weighted by molar-refractivity contribution is 1.28. The van der Waals surface area contributed by atoms with Gasteiger partial charge in [-0.1, -0.05) is 41.9 Å². The Balaban J connectivity index is 2.24. The van der Waals surface area contributed by atoms with E-state index >= 15 is 0 Å². The minimum Gasteiger partial charge on any atom is -0.256 e. The Bertz CT molecular complexity index is 801. The van der Waals surface area contributed by atoms with Crippen LogP contribution in [0.2, 0.25) is 5.02 Å². The summed E-state index contributed by atoms with van der Waals surface area (Å²) < 4.78 is 0. The van der Waals surface area contributed by atoms with Crippen LogP contribution < -0.4 is 0 Å². The van der Waals surface area contributed by atoms with Crippen molar-refractivity contribution >= 4 is 22.4 Å². The fourth-order valence-electron chi connectivity index (χ4n) is 2.35. The molecule has 3 heteroatoms. The lowest BCUT2D eigenvalue weighted by atomic mass is 9.99. The van der Waals surface area contributed by atoms with E-state index in [2.05, 4.69) is 11.1 Å². The lowest BCUT2D eigenvalue weighted by Gasteiger charge is -2.08. The topological polar surface area (TPSA) is 36.7 Å². The summed E-state index contributed by atoms with van der Waals surface area (Å²) in [5.74, 6) is 0. The van der Waals surface area contributed by atoms with Crippen molar-refractivity contribution in [3.05, 3.63) is 65.3 Å². The molecule has 0 aliphatic heterocycles. The molecule has 0 saturated carbocycles. The predicted octanol–water partition coefficient (Wildman–Crippen LogP) is 4.62. The second kappa shape index (κ2) is 5.32. The van der Waals surface area contributed by atoms with Crippen molar-refractivity contribution in [2.45, 2.75) is 6.42 Å². The third kappa shape index (κ3) is 2.24. The van der Waals surface area contributed by atoms with Crippen LogP contribution >= 0.6 is 11.6 Å². The maximum absolute atomic E-state index is 8.92. The monoisotopic (exact) mass is 278 g/mol. The first-order chi connectivity index (χ1) is 9.79. The van der Waals surface area contributed by atoms with Crippen LogP contribution in [0.25, 0.3) is 22.0 Å². The number of benzene rings is 2. The molecule has 1 heterocycles. The van der Waals surface area contributed by atoms with E-state index in [4.69, 9.17) is 16.9 Å². The van der Waals surface area contributed by atoms with E-state index in [-0.39, 0.29) is 0 Å². The summed E-state index contributed by atoms with van der Waals surface area (Å²) in [4.78, 5) is 4.48. The molecule has 1 aromatic heterocycles. The van der Waals surface area contributed by atoms with Crippen LogP contribution in [-0.2, 0) is 6.42 Å². The molecule has 0 fully saturated rings. The highest BCUT2D eigenvalue weighted by molar-refractivity contribution is 6.30. The van der Waals surface area contributed by atoms with Crippen molar-refractivity contribution in [2.75, 3.05) is 0 Å². The quantitative estimate of drug-likeness (QED) is 0.686. The van der Waals surface area contributed by atoms with Gasteiger partial charge in [-0.25, -0.2) is 0 Å². The Morgan fingerprint density at radius 3 is 2.55 bits per heavy atom. The van der Waals surface area contributed by atoms with Gasteiger partial charge in [-0.05, 0) is 29.1 Å². The van der Waals surface area contributed by atoms with E-state index in [0.29, 0.717) is 11.4 Å². The molecule has 20 heavy (non-hydrogen) atoms. The molecule has 0 aliphatic carbocycles. The van der Waals surface area contributed by atoms with E-state index in [9.17, 15) is 0 Å². The molecular formula is C17H11ClN2. The van der Waals surface area contributed by atoms with E-state index in [1.807, 2.05) is 48.5 Å². The Kier molecular flexibility index (Phi) is 3.37. The highest BCUT2D eigenvalue weighted by atomic mass is 35.5. The van der Waals surface area contributed by atoms with Crippen LogP contribution in [0.3, 0.4) is 0 Å². The van der Waals surface area contributed by atoms with E-state index < -0.39 is 0 Å². The third-order valence-corrected chi connectivity index (χ3v) is 3.54. The van der Waals surface area contributed by atoms with Crippen LogP contribution in [0.4, 0.5) is 0 Å². The number of pyridine rings is 1. The third-order valence-electron chi connectivity index (χ3n) is 3.28. The average molecular weight is 279 g/mol. The zero-order valence-electron chi connectivity index (χ0n) is 10.7. The van der Waals surface area contributed by atoms with Crippen LogP contribution in [-0.4, -0.2) is 4.98 Å². The number of rotatable bonds is 2. The zero-order chi connectivity index (χ0) is 13.9. The van der Waals surface area contributed by atoms with Gasteiger partial charge in [0.25, 0.3) is 0 Å².